The van der Waals surface area contributed by atoms with Crippen LogP contribution in [0.5, 0.6) is 11.5 Å². The smallest absolute Gasteiger partial charge is 0.231 e. The molecular formula is C15H19NO2. The molecule has 1 heterocycles. The van der Waals surface area contributed by atoms with Gasteiger partial charge in [-0.25, -0.2) is 0 Å². The standard InChI is InChI=1S/C15H19NO2/c1-3-12-5-10(1)6-13(12)16-8-11-2-4-14-15(7-11)18-9-17-14/h2,4,7,10,12-13,16H,1,3,5-6,8-9H2. The molecular weight excluding hydrogens is 226 g/mol. The molecule has 3 heteroatoms. The van der Waals surface area contributed by atoms with E-state index in [-0.39, 0.29) is 0 Å². The van der Waals surface area contributed by atoms with Gasteiger partial charge in [0.15, 0.2) is 11.5 Å². The second kappa shape index (κ2) is 4.16. The lowest BCUT2D eigenvalue weighted by Crippen LogP contribution is -2.33. The molecule has 18 heavy (non-hydrogen) atoms. The van der Waals surface area contributed by atoms with Gasteiger partial charge >= 0.3 is 0 Å². The predicted octanol–water partition coefficient (Wildman–Crippen LogP) is 2.69. The summed E-state index contributed by atoms with van der Waals surface area (Å²) in [6.07, 6.45) is 5.74. The maximum atomic E-state index is 5.41. The van der Waals surface area contributed by atoms with Crippen LogP contribution in [0.15, 0.2) is 18.2 Å². The van der Waals surface area contributed by atoms with Crippen LogP contribution < -0.4 is 14.8 Å². The Kier molecular flexibility index (Phi) is 2.47. The predicted molar refractivity (Wildman–Crippen MR) is 68.6 cm³/mol. The molecule has 2 fully saturated rings. The van der Waals surface area contributed by atoms with Gasteiger partial charge in [-0.15, -0.1) is 0 Å². The minimum Gasteiger partial charge on any atom is -0.454 e. The van der Waals surface area contributed by atoms with Crippen molar-refractivity contribution in [1.29, 1.82) is 0 Å². The summed E-state index contributed by atoms with van der Waals surface area (Å²) < 4.78 is 10.7. The van der Waals surface area contributed by atoms with Crippen LogP contribution in [-0.4, -0.2) is 12.8 Å². The number of ether oxygens (including phenoxy) is 2. The molecule has 1 aliphatic heterocycles. The molecule has 0 spiro atoms. The number of hydrogen-bond donors (Lipinski definition) is 1. The monoisotopic (exact) mass is 245 g/mol. The Labute approximate surface area is 107 Å². The van der Waals surface area contributed by atoms with Crippen molar-refractivity contribution in [3.05, 3.63) is 23.8 Å². The molecule has 1 aromatic carbocycles. The summed E-state index contributed by atoms with van der Waals surface area (Å²) in [7, 11) is 0. The molecule has 3 atom stereocenters. The van der Waals surface area contributed by atoms with E-state index in [0.717, 1.165) is 35.9 Å². The van der Waals surface area contributed by atoms with Crippen LogP contribution in [0.3, 0.4) is 0 Å². The third-order valence-electron chi connectivity index (χ3n) is 4.74. The molecule has 2 saturated carbocycles. The fraction of sp³-hybridized carbons (Fsp3) is 0.600. The largest absolute Gasteiger partial charge is 0.454 e. The van der Waals surface area contributed by atoms with Crippen LogP contribution in [0.4, 0.5) is 0 Å². The van der Waals surface area contributed by atoms with Crippen molar-refractivity contribution >= 4 is 0 Å². The van der Waals surface area contributed by atoms with E-state index >= 15 is 0 Å². The van der Waals surface area contributed by atoms with Gasteiger partial charge in [-0.2, -0.15) is 0 Å². The van der Waals surface area contributed by atoms with Gasteiger partial charge in [0.1, 0.15) is 0 Å². The van der Waals surface area contributed by atoms with Gasteiger partial charge in [-0.3, -0.25) is 0 Å². The molecule has 1 aromatic rings. The first kappa shape index (κ1) is 10.7. The number of fused-ring (bicyclic) bond motifs is 3. The summed E-state index contributed by atoms with van der Waals surface area (Å²) in [4.78, 5) is 0. The van der Waals surface area contributed by atoms with Crippen molar-refractivity contribution in [2.24, 2.45) is 11.8 Å². The van der Waals surface area contributed by atoms with Gasteiger partial charge in [0, 0.05) is 12.6 Å². The van der Waals surface area contributed by atoms with E-state index in [9.17, 15) is 0 Å². The first-order valence-electron chi connectivity index (χ1n) is 7.00. The van der Waals surface area contributed by atoms with Gasteiger partial charge in [0.2, 0.25) is 6.79 Å². The molecule has 0 radical (unpaired) electrons. The van der Waals surface area contributed by atoms with Crippen LogP contribution >= 0.6 is 0 Å². The molecule has 2 aliphatic carbocycles. The van der Waals surface area contributed by atoms with E-state index < -0.39 is 0 Å². The molecule has 1 N–H and O–H groups in total. The average Bonchev–Trinajstić information content (AvgIpc) is 3.11. The molecule has 0 aromatic heterocycles. The number of nitrogens with one attached hydrogen (secondary N) is 1. The Morgan fingerprint density at radius 2 is 2.06 bits per heavy atom. The van der Waals surface area contributed by atoms with Crippen molar-refractivity contribution in [3.63, 3.8) is 0 Å². The van der Waals surface area contributed by atoms with E-state index in [4.69, 9.17) is 9.47 Å². The van der Waals surface area contributed by atoms with E-state index in [2.05, 4.69) is 17.4 Å². The zero-order valence-electron chi connectivity index (χ0n) is 10.5. The summed E-state index contributed by atoms with van der Waals surface area (Å²) in [5, 5.41) is 3.72. The second-order valence-electron chi connectivity index (χ2n) is 5.85. The first-order valence-corrected chi connectivity index (χ1v) is 7.00. The lowest BCUT2D eigenvalue weighted by atomic mass is 9.95. The van der Waals surface area contributed by atoms with Crippen molar-refractivity contribution in [2.45, 2.75) is 38.3 Å². The normalized spacial score (nSPS) is 32.1. The van der Waals surface area contributed by atoms with Gasteiger partial charge in [-0.05, 0) is 48.8 Å². The molecule has 0 saturated heterocycles. The number of benzene rings is 1. The van der Waals surface area contributed by atoms with E-state index in [1.54, 1.807) is 0 Å². The summed E-state index contributed by atoms with van der Waals surface area (Å²) >= 11 is 0. The second-order valence-corrected chi connectivity index (χ2v) is 5.85. The zero-order chi connectivity index (χ0) is 11.9. The lowest BCUT2D eigenvalue weighted by molar-refractivity contribution is 0.174. The van der Waals surface area contributed by atoms with Crippen molar-refractivity contribution in [2.75, 3.05) is 6.79 Å². The maximum Gasteiger partial charge on any atom is 0.231 e. The third-order valence-corrected chi connectivity index (χ3v) is 4.74. The van der Waals surface area contributed by atoms with Crippen LogP contribution in [0, 0.1) is 11.8 Å². The Morgan fingerprint density at radius 3 is 2.89 bits per heavy atom. The van der Waals surface area contributed by atoms with Crippen LogP contribution in [0.25, 0.3) is 0 Å². The highest BCUT2D eigenvalue weighted by Gasteiger charge is 2.38. The Hall–Kier alpha value is -1.22. The summed E-state index contributed by atoms with van der Waals surface area (Å²) in [5.74, 6) is 3.70. The highest BCUT2D eigenvalue weighted by atomic mass is 16.7. The highest BCUT2D eigenvalue weighted by Crippen LogP contribution is 2.44. The molecule has 3 unspecified atom stereocenters. The van der Waals surface area contributed by atoms with E-state index in [1.807, 2.05) is 6.07 Å². The average molecular weight is 245 g/mol. The minimum absolute atomic E-state index is 0.360. The van der Waals surface area contributed by atoms with E-state index in [0.29, 0.717) is 6.79 Å². The summed E-state index contributed by atoms with van der Waals surface area (Å²) in [6, 6.07) is 6.99. The number of hydrogen-bond acceptors (Lipinski definition) is 3. The molecule has 4 rings (SSSR count). The van der Waals surface area contributed by atoms with Gasteiger partial charge < -0.3 is 14.8 Å². The Bertz CT molecular complexity index is 460. The van der Waals surface area contributed by atoms with E-state index in [1.165, 1.54) is 31.2 Å². The maximum absolute atomic E-state index is 5.41. The highest BCUT2D eigenvalue weighted by molar-refractivity contribution is 5.44. The molecule has 3 aliphatic rings. The molecule has 3 nitrogen and oxygen atoms in total. The van der Waals surface area contributed by atoms with Crippen molar-refractivity contribution < 1.29 is 9.47 Å². The molecule has 0 amide bonds. The fourth-order valence-corrected chi connectivity index (χ4v) is 3.79. The Balaban J connectivity index is 1.40. The third kappa shape index (κ3) is 1.77. The quantitative estimate of drug-likeness (QED) is 0.888. The van der Waals surface area contributed by atoms with Gasteiger partial charge in [0.05, 0.1) is 0 Å². The summed E-state index contributed by atoms with van der Waals surface area (Å²) in [6.45, 7) is 1.31. The SMILES string of the molecule is c1cc2c(cc1CNC1CC3CCC1C3)OCO2. The first-order chi connectivity index (χ1) is 8.88. The molecule has 96 valence electrons. The van der Waals surface area contributed by atoms with Crippen LogP contribution in [0.1, 0.15) is 31.2 Å². The fourth-order valence-electron chi connectivity index (χ4n) is 3.79. The van der Waals surface area contributed by atoms with Gasteiger partial charge in [-0.1, -0.05) is 12.5 Å². The minimum atomic E-state index is 0.360. The van der Waals surface area contributed by atoms with Crippen molar-refractivity contribution in [3.8, 4) is 11.5 Å². The lowest BCUT2D eigenvalue weighted by Gasteiger charge is -2.23. The number of rotatable bonds is 3. The van der Waals surface area contributed by atoms with Crippen LogP contribution in [0.2, 0.25) is 0 Å². The van der Waals surface area contributed by atoms with Crippen molar-refractivity contribution in [1.82, 2.24) is 5.32 Å². The zero-order valence-corrected chi connectivity index (χ0v) is 10.5. The van der Waals surface area contributed by atoms with Crippen LogP contribution in [-0.2, 0) is 6.54 Å². The summed E-state index contributed by atoms with van der Waals surface area (Å²) in [5.41, 5.74) is 1.29. The molecule has 2 bridgehead atoms. The Morgan fingerprint density at radius 1 is 1.11 bits per heavy atom. The topological polar surface area (TPSA) is 30.5 Å². The van der Waals surface area contributed by atoms with Gasteiger partial charge in [0.25, 0.3) is 0 Å².